The number of hydrogen-bond acceptors (Lipinski definition) is 0. The summed E-state index contributed by atoms with van der Waals surface area (Å²) in [7, 11) is 0. The second-order valence-corrected chi connectivity index (χ2v) is 0.962. The van der Waals surface area contributed by atoms with Gasteiger partial charge in [0.1, 0.15) is 0 Å². The topological polar surface area (TPSA) is 0 Å². The Morgan fingerprint density at radius 1 is 1.00 bits per heavy atom. The zero-order chi connectivity index (χ0) is 3.54. The van der Waals surface area contributed by atoms with Crippen LogP contribution in [0.1, 0.15) is 0 Å². The molecule has 1 rings (SSSR count). The molecule has 1 aromatic rings. The molecule has 0 aromatic heterocycles. The smallest absolute Gasteiger partial charge is 0.214 e. The second kappa shape index (κ2) is 3.07. The summed E-state index contributed by atoms with van der Waals surface area (Å²) in [6, 6.07) is 10.0. The Morgan fingerprint density at radius 3 is 1.67 bits per heavy atom. The Labute approximate surface area is 48.0 Å². The van der Waals surface area contributed by atoms with Crippen molar-refractivity contribution in [1.82, 2.24) is 0 Å². The Morgan fingerprint density at radius 2 is 1.50 bits per heavy atom. The fraction of sp³-hybridized carbons (Fsp3) is 0. The molecule has 29 valence electrons. The Balaban J connectivity index is 0.000000250. The van der Waals surface area contributed by atoms with E-state index in [1.54, 1.807) is 0 Å². The average Bonchev–Trinajstić information content (AvgIpc) is 1.76. The second-order valence-electron chi connectivity index (χ2n) is 0.962. The van der Waals surface area contributed by atoms with E-state index < -0.39 is 0 Å². The molecule has 0 nitrogen and oxygen atoms in total. The van der Waals surface area contributed by atoms with Crippen molar-refractivity contribution < 1.29 is 17.1 Å². The van der Waals surface area contributed by atoms with Gasteiger partial charge in [0.25, 0.3) is 0 Å². The molecule has 0 atom stereocenters. The molecule has 0 heterocycles. The van der Waals surface area contributed by atoms with Crippen molar-refractivity contribution in [1.29, 1.82) is 0 Å². The summed E-state index contributed by atoms with van der Waals surface area (Å²) in [4.78, 5) is 0. The molecule has 1 heteroatoms. The molecule has 0 aliphatic heterocycles. The first-order valence-electron chi connectivity index (χ1n) is 1.67. The fourth-order valence-corrected chi connectivity index (χ4v) is 0.321. The van der Waals surface area contributed by atoms with Crippen LogP contribution < -0.4 is 0 Å². The van der Waals surface area contributed by atoms with E-state index in [9.17, 15) is 0 Å². The molecule has 0 bridgehead atoms. The van der Waals surface area contributed by atoms with Gasteiger partial charge in [0.2, 0.25) is 0 Å². The van der Waals surface area contributed by atoms with Crippen LogP contribution in [0.2, 0.25) is 0 Å². The van der Waals surface area contributed by atoms with Gasteiger partial charge in [-0.25, -0.2) is 12.1 Å². The maximum atomic E-state index is 2.00. The summed E-state index contributed by atoms with van der Waals surface area (Å²) in [6.45, 7) is 0. The predicted octanol–water partition coefficient (Wildman–Crippen LogP) is 1.40. The van der Waals surface area contributed by atoms with E-state index in [2.05, 4.69) is 0 Å². The molecule has 0 aliphatic rings. The summed E-state index contributed by atoms with van der Waals surface area (Å²) >= 11 is 0. The van der Waals surface area contributed by atoms with Gasteiger partial charge in [-0.15, -0.1) is 0 Å². The predicted molar refractivity (Wildman–Crippen MR) is 22.0 cm³/mol. The van der Waals surface area contributed by atoms with Crippen LogP contribution in [-0.4, -0.2) is 0 Å². The minimum Gasteiger partial charge on any atom is -0.214 e. The van der Waals surface area contributed by atoms with Gasteiger partial charge in [-0.05, 0) is 0 Å². The zero-order valence-electron chi connectivity index (χ0n) is 3.24. The standard InChI is InChI=1S/C5H5.Fe/c1-2-4-5-3-1;/h1-5H;/q-1;+5. The van der Waals surface area contributed by atoms with Crippen molar-refractivity contribution >= 4 is 0 Å². The summed E-state index contributed by atoms with van der Waals surface area (Å²) < 4.78 is 0. The van der Waals surface area contributed by atoms with Gasteiger partial charge in [0.05, 0.1) is 0 Å². The van der Waals surface area contributed by atoms with Crippen LogP contribution in [-0.2, 0) is 17.1 Å². The monoisotopic (exact) mass is 121 g/mol. The van der Waals surface area contributed by atoms with Crippen LogP contribution in [0.5, 0.6) is 0 Å². The van der Waals surface area contributed by atoms with Gasteiger partial charge in [-0.1, -0.05) is 0 Å². The summed E-state index contributed by atoms with van der Waals surface area (Å²) in [5, 5.41) is 0. The van der Waals surface area contributed by atoms with E-state index in [0.717, 1.165) is 0 Å². The molecule has 6 heavy (non-hydrogen) atoms. The molecule has 0 saturated heterocycles. The molecule has 0 unspecified atom stereocenters. The van der Waals surface area contributed by atoms with Gasteiger partial charge >= 0.3 is 17.1 Å². The molecule has 0 amide bonds. The molecule has 1 radical (unpaired) electrons. The van der Waals surface area contributed by atoms with E-state index in [-0.39, 0.29) is 17.1 Å². The number of rotatable bonds is 0. The van der Waals surface area contributed by atoms with Crippen LogP contribution in [0.3, 0.4) is 0 Å². The first-order chi connectivity index (χ1) is 2.50. The van der Waals surface area contributed by atoms with Gasteiger partial charge in [-0.3, -0.25) is 0 Å². The molecular formula is C5H5Fe+4. The molecular weight excluding hydrogens is 116 g/mol. The third kappa shape index (κ3) is 1.34. The Kier molecular flexibility index (Phi) is 3.01. The van der Waals surface area contributed by atoms with Gasteiger partial charge in [0.15, 0.2) is 0 Å². The molecule has 0 spiro atoms. The maximum Gasteiger partial charge on any atom is 5.00 e. The van der Waals surface area contributed by atoms with Gasteiger partial charge < -0.3 is 0 Å². The summed E-state index contributed by atoms with van der Waals surface area (Å²) in [5.74, 6) is 0. The van der Waals surface area contributed by atoms with Gasteiger partial charge in [-0.2, -0.15) is 18.2 Å². The van der Waals surface area contributed by atoms with Crippen molar-refractivity contribution in [2.24, 2.45) is 0 Å². The largest absolute Gasteiger partial charge is 5.00 e. The van der Waals surface area contributed by atoms with Crippen LogP contribution >= 0.6 is 0 Å². The van der Waals surface area contributed by atoms with Crippen molar-refractivity contribution in [2.75, 3.05) is 0 Å². The van der Waals surface area contributed by atoms with Crippen LogP contribution in [0, 0.1) is 0 Å². The average molecular weight is 121 g/mol. The maximum absolute atomic E-state index is 2.00. The third-order valence-corrected chi connectivity index (χ3v) is 0.556. The third-order valence-electron chi connectivity index (χ3n) is 0.556. The van der Waals surface area contributed by atoms with Gasteiger partial charge in [0, 0.05) is 0 Å². The van der Waals surface area contributed by atoms with E-state index in [1.807, 2.05) is 30.3 Å². The SMILES string of the molecule is [Fe+5].c1cc[cH-]c1. The first kappa shape index (κ1) is 5.87. The summed E-state index contributed by atoms with van der Waals surface area (Å²) in [5.41, 5.74) is 0. The van der Waals surface area contributed by atoms with Crippen molar-refractivity contribution in [2.45, 2.75) is 0 Å². The van der Waals surface area contributed by atoms with Crippen LogP contribution in [0.15, 0.2) is 30.3 Å². The molecule has 1 aromatic carbocycles. The van der Waals surface area contributed by atoms with E-state index in [4.69, 9.17) is 0 Å². The minimum atomic E-state index is 0. The molecule has 0 aliphatic carbocycles. The molecule has 0 N–H and O–H groups in total. The Bertz CT molecular complexity index is 60.4. The quantitative estimate of drug-likeness (QED) is 0.359. The Hall–Kier alpha value is -0.131. The summed E-state index contributed by atoms with van der Waals surface area (Å²) in [6.07, 6.45) is 0. The van der Waals surface area contributed by atoms with E-state index in [0.29, 0.717) is 0 Å². The van der Waals surface area contributed by atoms with E-state index >= 15 is 0 Å². The minimum absolute atomic E-state index is 0. The van der Waals surface area contributed by atoms with Crippen molar-refractivity contribution in [3.05, 3.63) is 30.3 Å². The number of hydrogen-bond donors (Lipinski definition) is 0. The normalized spacial score (nSPS) is 6.67. The molecule has 0 saturated carbocycles. The van der Waals surface area contributed by atoms with Crippen molar-refractivity contribution in [3.63, 3.8) is 0 Å². The van der Waals surface area contributed by atoms with Crippen LogP contribution in [0.25, 0.3) is 0 Å². The van der Waals surface area contributed by atoms with E-state index in [1.165, 1.54) is 0 Å². The fourth-order valence-electron chi connectivity index (χ4n) is 0.321. The van der Waals surface area contributed by atoms with Crippen molar-refractivity contribution in [3.8, 4) is 0 Å². The first-order valence-corrected chi connectivity index (χ1v) is 1.67. The molecule has 0 fully saturated rings. The zero-order valence-corrected chi connectivity index (χ0v) is 4.34. The van der Waals surface area contributed by atoms with Crippen LogP contribution in [0.4, 0.5) is 0 Å².